The molecule has 1 aliphatic carbocycles. The van der Waals surface area contributed by atoms with Crippen LogP contribution in [0.2, 0.25) is 0 Å². The molecule has 0 saturated carbocycles. The molecule has 0 N–H and O–H groups in total. The van der Waals surface area contributed by atoms with Crippen molar-refractivity contribution in [3.05, 3.63) is 86.0 Å². The second-order valence-corrected chi connectivity index (χ2v) is 12.7. The summed E-state index contributed by atoms with van der Waals surface area (Å²) in [7, 11) is 0. The molecule has 1 aromatic rings. The quantitative estimate of drug-likeness (QED) is 0.226. The number of aryl methyl sites for hydroxylation is 1. The first-order chi connectivity index (χ1) is 18.1. The lowest BCUT2D eigenvalue weighted by molar-refractivity contribution is 0.227. The Morgan fingerprint density at radius 2 is 1.13 bits per heavy atom. The largest absolute Gasteiger partial charge is 0.106 e. The van der Waals surface area contributed by atoms with Crippen LogP contribution in [0, 0.1) is 22.7 Å². The molecular weight excluding hydrogens is 456 g/mol. The average Bonchev–Trinajstić information content (AvgIpc) is 2.91. The zero-order valence-electron chi connectivity index (χ0n) is 27.1. The molecule has 0 bridgehead atoms. The van der Waals surface area contributed by atoms with Gasteiger partial charge in [0.2, 0.25) is 0 Å². The van der Waals surface area contributed by atoms with Crippen molar-refractivity contribution >= 4 is 0 Å². The van der Waals surface area contributed by atoms with E-state index in [0.717, 1.165) is 11.8 Å². The Morgan fingerprint density at radius 3 is 1.55 bits per heavy atom. The van der Waals surface area contributed by atoms with E-state index in [9.17, 15) is 0 Å². The van der Waals surface area contributed by atoms with E-state index in [2.05, 4.69) is 116 Å². The molecular formula is C38H66. The highest BCUT2D eigenvalue weighted by Crippen LogP contribution is 2.36. The molecule has 2 atom stereocenters. The molecule has 0 heterocycles. The zero-order chi connectivity index (χ0) is 29.5. The number of rotatable bonds is 13. The minimum Gasteiger partial charge on any atom is -0.106 e. The van der Waals surface area contributed by atoms with Gasteiger partial charge in [-0.15, -0.1) is 26.3 Å². The van der Waals surface area contributed by atoms with Gasteiger partial charge in [0.05, 0.1) is 0 Å². The third-order valence-corrected chi connectivity index (χ3v) is 7.19. The van der Waals surface area contributed by atoms with Crippen LogP contribution in [0.15, 0.2) is 80.4 Å². The molecule has 0 spiro atoms. The Labute approximate surface area is 240 Å². The highest BCUT2D eigenvalue weighted by molar-refractivity contribution is 5.22. The lowest BCUT2D eigenvalue weighted by Gasteiger charge is -2.30. The smallest absolute Gasteiger partial charge is 0.0276 e. The second-order valence-electron chi connectivity index (χ2n) is 12.7. The van der Waals surface area contributed by atoms with E-state index >= 15 is 0 Å². The third-order valence-electron chi connectivity index (χ3n) is 7.19. The van der Waals surface area contributed by atoms with Gasteiger partial charge in [-0.05, 0) is 79.6 Å². The van der Waals surface area contributed by atoms with Crippen LogP contribution in [0.4, 0.5) is 0 Å². The van der Waals surface area contributed by atoms with Crippen molar-refractivity contribution in [2.75, 3.05) is 0 Å². The van der Waals surface area contributed by atoms with E-state index in [1.54, 1.807) is 5.57 Å². The normalized spacial score (nSPS) is 14.4. The van der Waals surface area contributed by atoms with Crippen molar-refractivity contribution in [2.24, 2.45) is 22.7 Å². The van der Waals surface area contributed by atoms with E-state index in [1.165, 1.54) is 82.6 Å². The van der Waals surface area contributed by atoms with E-state index < -0.39 is 0 Å². The minimum absolute atomic E-state index is 0.448. The Kier molecular flexibility index (Phi) is 23.3. The van der Waals surface area contributed by atoms with Gasteiger partial charge in [-0.25, -0.2) is 0 Å². The third kappa shape index (κ3) is 21.2. The summed E-state index contributed by atoms with van der Waals surface area (Å²) >= 11 is 0. The summed E-state index contributed by atoms with van der Waals surface area (Å²) in [6, 6.07) is 11.2. The first-order valence-electron chi connectivity index (χ1n) is 15.5. The minimum atomic E-state index is 0.448. The van der Waals surface area contributed by atoms with E-state index in [-0.39, 0.29) is 0 Å². The Bertz CT molecular complexity index is 705. The molecule has 0 nitrogen and oxygen atoms in total. The van der Waals surface area contributed by atoms with Crippen LogP contribution in [0.25, 0.3) is 0 Å². The van der Waals surface area contributed by atoms with Crippen LogP contribution < -0.4 is 0 Å². The second kappa shape index (κ2) is 23.1. The molecule has 1 aromatic carbocycles. The van der Waals surface area contributed by atoms with E-state index in [1.807, 2.05) is 13.8 Å². The Balaban J connectivity index is 0. The number of hydrogen-bond donors (Lipinski definition) is 0. The fraction of sp³-hybridized carbons (Fsp3) is 0.632. The molecule has 38 heavy (non-hydrogen) atoms. The Morgan fingerprint density at radius 1 is 0.658 bits per heavy atom. The van der Waals surface area contributed by atoms with E-state index in [4.69, 9.17) is 0 Å². The van der Waals surface area contributed by atoms with Crippen molar-refractivity contribution < 1.29 is 0 Å². The van der Waals surface area contributed by atoms with Gasteiger partial charge in [-0.2, -0.15) is 0 Å². The molecule has 0 amide bonds. The predicted octanol–water partition coefficient (Wildman–Crippen LogP) is 13.0. The molecule has 0 aliphatic heterocycles. The number of hydrogen-bond acceptors (Lipinski definition) is 0. The summed E-state index contributed by atoms with van der Waals surface area (Å²) in [6.07, 6.45) is 23.2. The maximum absolute atomic E-state index is 3.00. The van der Waals surface area contributed by atoms with Gasteiger partial charge in [0, 0.05) is 0 Å². The van der Waals surface area contributed by atoms with Crippen LogP contribution in [0.5, 0.6) is 0 Å². The van der Waals surface area contributed by atoms with E-state index in [0.29, 0.717) is 10.8 Å². The molecule has 2 unspecified atom stereocenters. The summed E-state index contributed by atoms with van der Waals surface area (Å²) in [5, 5.41) is 0. The predicted molar refractivity (Wildman–Crippen MR) is 178 cm³/mol. The monoisotopic (exact) mass is 523 g/mol. The molecule has 0 fully saturated rings. The average molecular weight is 523 g/mol. The molecule has 1 aliphatic rings. The zero-order valence-corrected chi connectivity index (χ0v) is 27.1. The topological polar surface area (TPSA) is 0 Å². The molecule has 0 radical (unpaired) electrons. The van der Waals surface area contributed by atoms with Crippen molar-refractivity contribution in [1.82, 2.24) is 0 Å². The highest BCUT2D eigenvalue weighted by Gasteiger charge is 2.23. The molecule has 2 rings (SSSR count). The standard InChI is InChI=1S/C32H52.C2H6.2C2H4/c1-31(2,3)25-13-19-29(23-21-27-15-9-7-10-16-27)30(20-14-26-32(4,5)6)24-22-28-17-11-8-12-18-28;3*1-2/h7,9-11,15-18,29-30H,8,12-14,19-26H2,1-6H3;1-2H3;2*1-2H2. The van der Waals surface area contributed by atoms with Gasteiger partial charge in [0.25, 0.3) is 0 Å². The summed E-state index contributed by atoms with van der Waals surface area (Å²) in [5.41, 5.74) is 4.00. The highest BCUT2D eigenvalue weighted by atomic mass is 14.3. The maximum atomic E-state index is 3.00. The fourth-order valence-electron chi connectivity index (χ4n) is 5.22. The summed E-state index contributed by atoms with van der Waals surface area (Å²) in [4.78, 5) is 0. The fourth-order valence-corrected chi connectivity index (χ4v) is 5.22. The molecule has 0 heteroatoms. The molecule has 218 valence electrons. The number of benzene rings is 1. The summed E-state index contributed by atoms with van der Waals surface area (Å²) in [6.45, 7) is 30.4. The van der Waals surface area contributed by atoms with Crippen molar-refractivity contribution in [2.45, 2.75) is 132 Å². The molecule has 0 aromatic heterocycles. The summed E-state index contributed by atoms with van der Waals surface area (Å²) in [5.74, 6) is 1.71. The van der Waals surface area contributed by atoms with Gasteiger partial charge >= 0.3 is 0 Å². The lowest BCUT2D eigenvalue weighted by Crippen LogP contribution is -2.18. The van der Waals surface area contributed by atoms with Crippen LogP contribution in [0.3, 0.4) is 0 Å². The first kappa shape index (κ1) is 38.3. The Hall–Kier alpha value is -1.82. The molecule has 0 saturated heterocycles. The number of allylic oxidation sites excluding steroid dienone is 4. The van der Waals surface area contributed by atoms with Crippen LogP contribution in [-0.4, -0.2) is 0 Å². The van der Waals surface area contributed by atoms with Gasteiger partial charge in [-0.1, -0.05) is 135 Å². The van der Waals surface area contributed by atoms with Gasteiger partial charge in [0.1, 0.15) is 0 Å². The van der Waals surface area contributed by atoms with Crippen LogP contribution in [0.1, 0.15) is 132 Å². The lowest BCUT2D eigenvalue weighted by atomic mass is 9.75. The van der Waals surface area contributed by atoms with Gasteiger partial charge in [0.15, 0.2) is 0 Å². The van der Waals surface area contributed by atoms with Crippen molar-refractivity contribution in [1.29, 1.82) is 0 Å². The van der Waals surface area contributed by atoms with Crippen LogP contribution in [-0.2, 0) is 6.42 Å². The van der Waals surface area contributed by atoms with Gasteiger partial charge < -0.3 is 0 Å². The SMILES string of the molecule is C=C.C=C.CC.CC(C)(C)CCCC(CCC1=CCCC=C1)C(CCCC(C)(C)C)CCc1ccccc1. The van der Waals surface area contributed by atoms with Crippen molar-refractivity contribution in [3.8, 4) is 0 Å². The van der Waals surface area contributed by atoms with Gasteiger partial charge in [-0.3, -0.25) is 0 Å². The van der Waals surface area contributed by atoms with Crippen molar-refractivity contribution in [3.63, 3.8) is 0 Å². The van der Waals surface area contributed by atoms with Crippen LogP contribution >= 0.6 is 0 Å². The first-order valence-corrected chi connectivity index (χ1v) is 15.5. The maximum Gasteiger partial charge on any atom is -0.0276 e. The summed E-state index contributed by atoms with van der Waals surface area (Å²) < 4.78 is 0.